The van der Waals surface area contributed by atoms with Gasteiger partial charge in [0, 0.05) is 23.5 Å². The Bertz CT molecular complexity index is 306. The second-order valence-corrected chi connectivity index (χ2v) is 4.20. The van der Waals surface area contributed by atoms with Crippen molar-refractivity contribution in [1.29, 1.82) is 0 Å². The molecule has 0 aliphatic carbocycles. The topological polar surface area (TPSA) is 12.0 Å². The van der Waals surface area contributed by atoms with Gasteiger partial charge < -0.3 is 5.32 Å². The average molecular weight is 281 g/mol. The van der Waals surface area contributed by atoms with Gasteiger partial charge in [-0.1, -0.05) is 39.7 Å². The molecule has 1 unspecified atom stereocenters. The number of hydrogen-bond donors (Lipinski definition) is 1. The van der Waals surface area contributed by atoms with Gasteiger partial charge in [-0.25, -0.2) is 4.39 Å². The van der Waals surface area contributed by atoms with E-state index >= 15 is 0 Å². The van der Waals surface area contributed by atoms with Crippen molar-refractivity contribution in [3.63, 3.8) is 0 Å². The van der Waals surface area contributed by atoms with E-state index in [2.05, 4.69) is 21.2 Å². The zero-order valence-electron chi connectivity index (χ0n) is 7.86. The minimum atomic E-state index is -0.330. The first kappa shape index (κ1) is 12.0. The van der Waals surface area contributed by atoms with Gasteiger partial charge in [0.25, 0.3) is 0 Å². The van der Waals surface area contributed by atoms with Gasteiger partial charge >= 0.3 is 0 Å². The number of alkyl halides is 1. The molecule has 0 amide bonds. The van der Waals surface area contributed by atoms with Crippen molar-refractivity contribution in [2.24, 2.45) is 0 Å². The van der Waals surface area contributed by atoms with Crippen LogP contribution in [0.3, 0.4) is 0 Å². The van der Waals surface area contributed by atoms with Crippen LogP contribution in [0.1, 0.15) is 12.5 Å². The maximum Gasteiger partial charge on any atom is 0.146 e. The molecule has 0 spiro atoms. The molecule has 1 aromatic rings. The van der Waals surface area contributed by atoms with Crippen LogP contribution in [0, 0.1) is 5.82 Å². The summed E-state index contributed by atoms with van der Waals surface area (Å²) in [5, 5.41) is 4.19. The molecule has 1 aromatic carbocycles. The molecular formula is C10H12BrClFN. The second kappa shape index (κ2) is 5.69. The third-order valence-corrected chi connectivity index (χ3v) is 3.17. The second-order valence-electron chi connectivity index (χ2n) is 3.15. The Morgan fingerprint density at radius 1 is 1.57 bits per heavy atom. The molecule has 0 saturated heterocycles. The highest BCUT2D eigenvalue weighted by Gasteiger charge is 2.06. The normalized spacial score (nSPS) is 12.9. The van der Waals surface area contributed by atoms with Crippen LogP contribution in [0.4, 0.5) is 4.39 Å². The van der Waals surface area contributed by atoms with Crippen LogP contribution in [-0.4, -0.2) is 11.4 Å². The lowest BCUT2D eigenvalue weighted by atomic mass is 10.2. The van der Waals surface area contributed by atoms with Crippen LogP contribution in [0.2, 0.25) is 5.02 Å². The SMILES string of the molecule is CC(CBr)NCc1cccc(Cl)c1F. The molecule has 0 bridgehead atoms. The molecule has 0 saturated carbocycles. The molecule has 78 valence electrons. The average Bonchev–Trinajstić information content (AvgIpc) is 2.20. The van der Waals surface area contributed by atoms with Gasteiger partial charge in [0.2, 0.25) is 0 Å². The summed E-state index contributed by atoms with van der Waals surface area (Å²) in [5.74, 6) is -0.330. The highest BCUT2D eigenvalue weighted by molar-refractivity contribution is 9.09. The van der Waals surface area contributed by atoms with E-state index in [-0.39, 0.29) is 10.8 Å². The molecule has 0 heterocycles. The molecule has 14 heavy (non-hydrogen) atoms. The maximum atomic E-state index is 13.4. The summed E-state index contributed by atoms with van der Waals surface area (Å²) in [6.45, 7) is 2.52. The maximum absolute atomic E-state index is 13.4. The summed E-state index contributed by atoms with van der Waals surface area (Å²) in [4.78, 5) is 0. The van der Waals surface area contributed by atoms with E-state index < -0.39 is 0 Å². The molecule has 1 nitrogen and oxygen atoms in total. The largest absolute Gasteiger partial charge is 0.309 e. The summed E-state index contributed by atoms with van der Waals surface area (Å²) >= 11 is 8.99. The highest BCUT2D eigenvalue weighted by Crippen LogP contribution is 2.17. The quantitative estimate of drug-likeness (QED) is 0.834. The van der Waals surface area contributed by atoms with E-state index in [0.717, 1.165) is 5.33 Å². The predicted molar refractivity (Wildman–Crippen MR) is 61.5 cm³/mol. The van der Waals surface area contributed by atoms with E-state index in [9.17, 15) is 4.39 Å². The first-order chi connectivity index (χ1) is 6.65. The lowest BCUT2D eigenvalue weighted by Crippen LogP contribution is -2.27. The molecule has 0 radical (unpaired) electrons. The fraction of sp³-hybridized carbons (Fsp3) is 0.400. The van der Waals surface area contributed by atoms with Crippen LogP contribution in [0.25, 0.3) is 0 Å². The van der Waals surface area contributed by atoms with Gasteiger partial charge in [-0.15, -0.1) is 0 Å². The Balaban J connectivity index is 2.63. The Morgan fingerprint density at radius 3 is 2.93 bits per heavy atom. The minimum Gasteiger partial charge on any atom is -0.309 e. The van der Waals surface area contributed by atoms with E-state index in [1.807, 2.05) is 6.92 Å². The first-order valence-corrected chi connectivity index (χ1v) is 5.87. The van der Waals surface area contributed by atoms with Crippen molar-refractivity contribution in [2.75, 3.05) is 5.33 Å². The van der Waals surface area contributed by atoms with Gasteiger partial charge in [-0.05, 0) is 13.0 Å². The zero-order chi connectivity index (χ0) is 10.6. The van der Waals surface area contributed by atoms with Crippen LogP contribution in [0.5, 0.6) is 0 Å². The van der Waals surface area contributed by atoms with Gasteiger partial charge in [-0.2, -0.15) is 0 Å². The van der Waals surface area contributed by atoms with Gasteiger partial charge in [0.1, 0.15) is 5.82 Å². The van der Waals surface area contributed by atoms with Gasteiger partial charge in [0.15, 0.2) is 0 Å². The van der Waals surface area contributed by atoms with Crippen molar-refractivity contribution in [1.82, 2.24) is 5.32 Å². The summed E-state index contributed by atoms with van der Waals surface area (Å²) in [6.07, 6.45) is 0. The van der Waals surface area contributed by atoms with Gasteiger partial charge in [0.05, 0.1) is 5.02 Å². The third kappa shape index (κ3) is 3.23. The first-order valence-electron chi connectivity index (χ1n) is 4.37. The smallest absolute Gasteiger partial charge is 0.146 e. The van der Waals surface area contributed by atoms with Crippen molar-refractivity contribution >= 4 is 27.5 Å². The molecule has 0 aliphatic heterocycles. The van der Waals surface area contributed by atoms with Crippen LogP contribution in [-0.2, 0) is 6.54 Å². The van der Waals surface area contributed by atoms with Gasteiger partial charge in [-0.3, -0.25) is 0 Å². The van der Waals surface area contributed by atoms with Crippen LogP contribution in [0.15, 0.2) is 18.2 Å². The summed E-state index contributed by atoms with van der Waals surface area (Å²) < 4.78 is 13.4. The van der Waals surface area contributed by atoms with Crippen LogP contribution < -0.4 is 5.32 Å². The Morgan fingerprint density at radius 2 is 2.29 bits per heavy atom. The van der Waals surface area contributed by atoms with E-state index in [0.29, 0.717) is 18.2 Å². The van der Waals surface area contributed by atoms with E-state index in [1.54, 1.807) is 18.2 Å². The zero-order valence-corrected chi connectivity index (χ0v) is 10.2. The third-order valence-electron chi connectivity index (χ3n) is 1.90. The van der Waals surface area contributed by atoms with Crippen molar-refractivity contribution in [2.45, 2.75) is 19.5 Å². The molecule has 0 aromatic heterocycles. The molecule has 0 fully saturated rings. The Kier molecular flexibility index (Phi) is 4.85. The number of halogens is 3. The molecular weight excluding hydrogens is 268 g/mol. The number of hydrogen-bond acceptors (Lipinski definition) is 1. The van der Waals surface area contributed by atoms with E-state index in [1.165, 1.54) is 0 Å². The lowest BCUT2D eigenvalue weighted by molar-refractivity contribution is 0.558. The monoisotopic (exact) mass is 279 g/mol. The molecule has 1 rings (SSSR count). The molecule has 0 aliphatic rings. The van der Waals surface area contributed by atoms with E-state index in [4.69, 9.17) is 11.6 Å². The lowest BCUT2D eigenvalue weighted by Gasteiger charge is -2.11. The van der Waals surface area contributed by atoms with Crippen molar-refractivity contribution in [3.8, 4) is 0 Å². The van der Waals surface area contributed by atoms with Crippen LogP contribution >= 0.6 is 27.5 Å². The standard InChI is InChI=1S/C10H12BrClFN/c1-7(5-11)14-6-8-3-2-4-9(12)10(8)13/h2-4,7,14H,5-6H2,1H3. The fourth-order valence-electron chi connectivity index (χ4n) is 1.02. The molecule has 1 atom stereocenters. The van der Waals surface area contributed by atoms with Crippen molar-refractivity contribution < 1.29 is 4.39 Å². The summed E-state index contributed by atoms with van der Waals surface area (Å²) in [7, 11) is 0. The number of rotatable bonds is 4. The predicted octanol–water partition coefficient (Wildman–Crippen LogP) is 3.35. The molecule has 1 N–H and O–H groups in total. The summed E-state index contributed by atoms with van der Waals surface area (Å²) in [5.41, 5.74) is 0.602. The Hall–Kier alpha value is -0.120. The molecule has 4 heteroatoms. The Labute approximate surface area is 96.8 Å². The fourth-order valence-corrected chi connectivity index (χ4v) is 1.45. The highest BCUT2D eigenvalue weighted by atomic mass is 79.9. The number of nitrogens with one attached hydrogen (secondary N) is 1. The number of benzene rings is 1. The minimum absolute atomic E-state index is 0.177. The van der Waals surface area contributed by atoms with Crippen molar-refractivity contribution in [3.05, 3.63) is 34.6 Å². The summed E-state index contributed by atoms with van der Waals surface area (Å²) in [6, 6.07) is 5.35.